The van der Waals surface area contributed by atoms with Crippen LogP contribution in [-0.2, 0) is 0 Å². The first-order chi connectivity index (χ1) is 17.8. The number of H-pyrrole nitrogens is 1. The van der Waals surface area contributed by atoms with Gasteiger partial charge in [0.1, 0.15) is 11.6 Å². The number of hydrogen-bond acceptors (Lipinski definition) is 5. The Hall–Kier alpha value is -3.82. The molecular formula is C28H29F2N5O2. The molecule has 0 spiro atoms. The highest BCUT2D eigenvalue weighted by atomic mass is 19.1. The number of aromatic amines is 1. The lowest BCUT2D eigenvalue weighted by Gasteiger charge is -2.36. The number of para-hydroxylation sites is 1. The Bertz CT molecular complexity index is 1530. The quantitative estimate of drug-likeness (QED) is 0.389. The maximum absolute atomic E-state index is 14.5. The number of carbonyl (C=O) groups excluding carboxylic acids is 1. The zero-order chi connectivity index (χ0) is 26.1. The third-order valence-electron chi connectivity index (χ3n) is 6.81. The van der Waals surface area contributed by atoms with Gasteiger partial charge in [0.15, 0.2) is 5.43 Å². The van der Waals surface area contributed by atoms with E-state index in [0.717, 1.165) is 57.1 Å². The van der Waals surface area contributed by atoms with Crippen molar-refractivity contribution >= 4 is 39.1 Å². The van der Waals surface area contributed by atoms with E-state index >= 15 is 0 Å². The van der Waals surface area contributed by atoms with Crippen LogP contribution in [0.5, 0.6) is 0 Å². The molecule has 0 saturated carbocycles. The van der Waals surface area contributed by atoms with E-state index in [1.165, 1.54) is 18.2 Å². The van der Waals surface area contributed by atoms with Crippen LogP contribution in [-0.4, -0.2) is 74.1 Å². The minimum atomic E-state index is -0.722. The minimum absolute atomic E-state index is 0.0101. The number of piperazine rings is 1. The van der Waals surface area contributed by atoms with Crippen LogP contribution in [0.4, 0.5) is 20.2 Å². The van der Waals surface area contributed by atoms with E-state index in [0.29, 0.717) is 5.69 Å². The fraction of sp³-hybridized carbons (Fsp3) is 0.286. The summed E-state index contributed by atoms with van der Waals surface area (Å²) in [6.07, 6.45) is 0. The molecule has 37 heavy (non-hydrogen) atoms. The minimum Gasteiger partial charge on any atom is -0.369 e. The molecule has 0 aliphatic carbocycles. The van der Waals surface area contributed by atoms with Gasteiger partial charge < -0.3 is 20.1 Å². The van der Waals surface area contributed by atoms with Crippen LogP contribution in [0.15, 0.2) is 59.4 Å². The van der Waals surface area contributed by atoms with E-state index in [9.17, 15) is 18.4 Å². The zero-order valence-electron chi connectivity index (χ0n) is 20.9. The number of halogens is 2. The van der Waals surface area contributed by atoms with Gasteiger partial charge >= 0.3 is 0 Å². The lowest BCUT2D eigenvalue weighted by Crippen LogP contribution is -2.48. The predicted molar refractivity (Wildman–Crippen MR) is 144 cm³/mol. The molecule has 1 fully saturated rings. The molecule has 1 saturated heterocycles. The topological polar surface area (TPSA) is 71.7 Å². The van der Waals surface area contributed by atoms with Gasteiger partial charge in [0.25, 0.3) is 5.91 Å². The van der Waals surface area contributed by atoms with Crippen molar-refractivity contribution in [1.29, 1.82) is 0 Å². The van der Waals surface area contributed by atoms with E-state index in [4.69, 9.17) is 0 Å². The van der Waals surface area contributed by atoms with Crippen LogP contribution >= 0.6 is 0 Å². The molecule has 1 aliphatic heterocycles. The highest BCUT2D eigenvalue weighted by Gasteiger charge is 2.20. The van der Waals surface area contributed by atoms with Crippen molar-refractivity contribution in [2.45, 2.75) is 0 Å². The summed E-state index contributed by atoms with van der Waals surface area (Å²) in [5.41, 5.74) is 0.986. The monoisotopic (exact) mass is 505 g/mol. The van der Waals surface area contributed by atoms with Gasteiger partial charge in [0.05, 0.1) is 16.6 Å². The summed E-state index contributed by atoms with van der Waals surface area (Å²) in [6.45, 7) is 5.71. The molecular weight excluding hydrogens is 476 g/mol. The molecule has 2 heterocycles. The molecule has 2 N–H and O–H groups in total. The van der Waals surface area contributed by atoms with E-state index in [1.807, 2.05) is 18.2 Å². The van der Waals surface area contributed by atoms with Gasteiger partial charge in [-0.3, -0.25) is 14.5 Å². The maximum atomic E-state index is 14.5. The van der Waals surface area contributed by atoms with Crippen molar-refractivity contribution in [2.24, 2.45) is 0 Å². The molecule has 4 aromatic rings. The number of anilines is 2. The van der Waals surface area contributed by atoms with Crippen molar-refractivity contribution in [3.05, 3.63) is 82.0 Å². The molecule has 1 aromatic heterocycles. The smallest absolute Gasteiger partial charge is 0.257 e. The zero-order valence-corrected chi connectivity index (χ0v) is 20.9. The summed E-state index contributed by atoms with van der Waals surface area (Å²) in [5.74, 6) is -1.94. The van der Waals surface area contributed by atoms with Crippen molar-refractivity contribution in [3.8, 4) is 0 Å². The summed E-state index contributed by atoms with van der Waals surface area (Å²) >= 11 is 0. The number of aromatic nitrogens is 1. The summed E-state index contributed by atoms with van der Waals surface area (Å²) < 4.78 is 28.9. The third kappa shape index (κ3) is 5.19. The second-order valence-electron chi connectivity index (χ2n) is 9.63. The highest BCUT2D eigenvalue weighted by molar-refractivity contribution is 6.13. The SMILES string of the molecule is CN(C)CCN1CCN(c2cccc(NC(=O)c3cc(F)cc4c(=O)c5cccc(F)c5[nH]c34)c2)CC1. The van der Waals surface area contributed by atoms with Crippen molar-refractivity contribution in [3.63, 3.8) is 0 Å². The fourth-order valence-corrected chi connectivity index (χ4v) is 4.76. The number of nitrogens with zero attached hydrogens (tertiary/aromatic N) is 3. The molecule has 0 atom stereocenters. The second kappa shape index (κ2) is 10.3. The van der Waals surface area contributed by atoms with Crippen LogP contribution in [0.25, 0.3) is 21.8 Å². The number of hydrogen-bond donors (Lipinski definition) is 2. The van der Waals surface area contributed by atoms with Gasteiger partial charge in [-0.1, -0.05) is 12.1 Å². The Balaban J connectivity index is 1.39. The van der Waals surface area contributed by atoms with Crippen LogP contribution in [0.3, 0.4) is 0 Å². The van der Waals surface area contributed by atoms with E-state index < -0.39 is 23.0 Å². The summed E-state index contributed by atoms with van der Waals surface area (Å²) in [7, 11) is 4.14. The Morgan fingerprint density at radius 1 is 0.973 bits per heavy atom. The maximum Gasteiger partial charge on any atom is 0.257 e. The second-order valence-corrected chi connectivity index (χ2v) is 9.63. The van der Waals surface area contributed by atoms with Crippen molar-refractivity contribution in [2.75, 3.05) is 63.6 Å². The molecule has 3 aromatic carbocycles. The first kappa shape index (κ1) is 24.9. The number of likely N-dealkylation sites (N-methyl/N-ethyl adjacent to an activating group) is 1. The molecule has 1 aliphatic rings. The largest absolute Gasteiger partial charge is 0.369 e. The standard InChI is InChI=1S/C28H29F2N5O2/c1-33(2)9-10-34-11-13-35(14-12-34)20-6-3-5-19(17-20)31-28(37)23-16-18(29)15-22-25(23)32-26-21(27(22)36)7-4-8-24(26)30/h3-8,15-17H,9-14H2,1-2H3,(H,31,37)(H,32,36). The number of carbonyl (C=O) groups is 1. The number of nitrogens with one attached hydrogen (secondary N) is 2. The normalized spacial score (nSPS) is 14.6. The summed E-state index contributed by atoms with van der Waals surface area (Å²) in [6, 6.07) is 13.7. The molecule has 5 rings (SSSR count). The van der Waals surface area contributed by atoms with E-state index in [2.05, 4.69) is 39.1 Å². The van der Waals surface area contributed by atoms with Crippen LogP contribution < -0.4 is 15.6 Å². The van der Waals surface area contributed by atoms with Gasteiger partial charge in [0, 0.05) is 61.4 Å². The van der Waals surface area contributed by atoms with Crippen LogP contribution in [0.1, 0.15) is 10.4 Å². The molecule has 192 valence electrons. The predicted octanol–water partition coefficient (Wildman–Crippen LogP) is 3.90. The molecule has 0 radical (unpaired) electrons. The Morgan fingerprint density at radius 2 is 1.73 bits per heavy atom. The first-order valence-electron chi connectivity index (χ1n) is 12.3. The lowest BCUT2D eigenvalue weighted by molar-refractivity contribution is 0.102. The number of amides is 1. The Morgan fingerprint density at radius 3 is 2.49 bits per heavy atom. The highest BCUT2D eigenvalue weighted by Crippen LogP contribution is 2.25. The van der Waals surface area contributed by atoms with Gasteiger partial charge in [0.2, 0.25) is 0 Å². The Labute approximate surface area is 213 Å². The number of benzene rings is 3. The molecule has 7 nitrogen and oxygen atoms in total. The third-order valence-corrected chi connectivity index (χ3v) is 6.81. The average molecular weight is 506 g/mol. The number of rotatable bonds is 6. The number of fused-ring (bicyclic) bond motifs is 2. The lowest BCUT2D eigenvalue weighted by atomic mass is 10.0. The van der Waals surface area contributed by atoms with Crippen molar-refractivity contribution in [1.82, 2.24) is 14.8 Å². The van der Waals surface area contributed by atoms with E-state index in [1.54, 1.807) is 6.07 Å². The number of pyridine rings is 1. The van der Waals surface area contributed by atoms with Crippen molar-refractivity contribution < 1.29 is 13.6 Å². The molecule has 0 bridgehead atoms. The fourth-order valence-electron chi connectivity index (χ4n) is 4.76. The van der Waals surface area contributed by atoms with E-state index in [-0.39, 0.29) is 27.4 Å². The van der Waals surface area contributed by atoms with Crippen LogP contribution in [0, 0.1) is 11.6 Å². The van der Waals surface area contributed by atoms with Gasteiger partial charge in [-0.25, -0.2) is 8.78 Å². The molecule has 9 heteroatoms. The van der Waals surface area contributed by atoms with Gasteiger partial charge in [-0.15, -0.1) is 0 Å². The summed E-state index contributed by atoms with van der Waals surface area (Å²) in [5, 5.41) is 2.90. The van der Waals surface area contributed by atoms with Gasteiger partial charge in [-0.05, 0) is 56.6 Å². The molecule has 0 unspecified atom stereocenters. The summed E-state index contributed by atoms with van der Waals surface area (Å²) in [4.78, 5) is 35.9. The van der Waals surface area contributed by atoms with Crippen LogP contribution in [0.2, 0.25) is 0 Å². The van der Waals surface area contributed by atoms with Gasteiger partial charge in [-0.2, -0.15) is 0 Å². The average Bonchev–Trinajstić information content (AvgIpc) is 2.89. The Kier molecular flexibility index (Phi) is 6.90. The molecule has 1 amide bonds. The first-order valence-corrected chi connectivity index (χ1v) is 12.3.